The molecule has 10 nitrogen and oxygen atoms in total. The standard InChI is InChI=1S/C30H36ClF3N8O2/c1-29(14-19(29)8-4-6-18-7-5-11-24(18)42-25(43)12-20(31)15-36-42)40-28-35-17-23(30(32,33)34)27(39-28)38-21-13-26(44)41(37-16-21)22-9-2-3-10-22/h12-13,15-19,22,24H,2-11,14H2,1H3,(H2,35,38,39,40). The number of halogens is 4. The van der Waals surface area contributed by atoms with Gasteiger partial charge in [-0.15, -0.1) is 0 Å². The molecule has 0 aromatic carbocycles. The van der Waals surface area contributed by atoms with Crippen LogP contribution in [0.2, 0.25) is 5.02 Å². The minimum absolute atomic E-state index is 0.0223. The van der Waals surface area contributed by atoms with E-state index in [2.05, 4.69) is 30.8 Å². The average Bonchev–Trinajstić information content (AvgIpc) is 3.34. The zero-order valence-corrected chi connectivity index (χ0v) is 25.2. The Morgan fingerprint density at radius 1 is 0.977 bits per heavy atom. The minimum Gasteiger partial charge on any atom is -0.349 e. The minimum atomic E-state index is -4.69. The molecule has 6 rings (SSSR count). The van der Waals surface area contributed by atoms with Crippen LogP contribution in [0.15, 0.2) is 40.3 Å². The van der Waals surface area contributed by atoms with Crippen molar-refractivity contribution in [1.82, 2.24) is 29.5 Å². The maximum atomic E-state index is 13.8. The first-order valence-electron chi connectivity index (χ1n) is 15.3. The number of hydrogen-bond acceptors (Lipinski definition) is 8. The quantitative estimate of drug-likeness (QED) is 0.259. The van der Waals surface area contributed by atoms with Gasteiger partial charge in [-0.3, -0.25) is 9.59 Å². The molecule has 0 amide bonds. The summed E-state index contributed by atoms with van der Waals surface area (Å²) in [6.45, 7) is 2.02. The summed E-state index contributed by atoms with van der Waals surface area (Å²) in [5.74, 6) is 0.324. The van der Waals surface area contributed by atoms with Crippen LogP contribution in [0.5, 0.6) is 0 Å². The molecule has 3 heterocycles. The third-order valence-corrected chi connectivity index (χ3v) is 9.72. The van der Waals surface area contributed by atoms with Crippen molar-refractivity contribution in [2.45, 2.75) is 101 Å². The van der Waals surface area contributed by atoms with Crippen molar-refractivity contribution in [1.29, 1.82) is 0 Å². The average molecular weight is 633 g/mol. The fraction of sp³-hybridized carbons (Fsp3) is 0.600. The van der Waals surface area contributed by atoms with Crippen LogP contribution >= 0.6 is 11.6 Å². The van der Waals surface area contributed by atoms with Gasteiger partial charge in [-0.25, -0.2) is 14.3 Å². The molecule has 3 fully saturated rings. The van der Waals surface area contributed by atoms with E-state index in [0.29, 0.717) is 16.9 Å². The molecule has 4 unspecified atom stereocenters. The lowest BCUT2D eigenvalue weighted by atomic mass is 9.95. The molecule has 3 saturated carbocycles. The molecule has 0 aliphatic heterocycles. The van der Waals surface area contributed by atoms with Crippen LogP contribution in [-0.4, -0.2) is 35.1 Å². The molecule has 3 aliphatic rings. The second kappa shape index (κ2) is 12.1. The molecule has 14 heteroatoms. The highest BCUT2D eigenvalue weighted by Gasteiger charge is 2.50. The van der Waals surface area contributed by atoms with Crippen LogP contribution in [0.4, 0.5) is 30.6 Å². The number of aromatic nitrogens is 6. The van der Waals surface area contributed by atoms with E-state index in [4.69, 9.17) is 11.6 Å². The Morgan fingerprint density at radius 3 is 2.45 bits per heavy atom. The van der Waals surface area contributed by atoms with Gasteiger partial charge in [-0.05, 0) is 63.7 Å². The first-order chi connectivity index (χ1) is 21.0. The molecule has 3 aromatic heterocycles. The SMILES string of the molecule is CC1(Nc2ncc(C(F)(F)F)c(Nc3cnn(C4CCCC4)c(=O)c3)n2)CC1CCCC1CCCC1n1ncc(Cl)cc1=O. The summed E-state index contributed by atoms with van der Waals surface area (Å²) in [5, 5.41) is 14.7. The smallest absolute Gasteiger partial charge is 0.349 e. The Hall–Kier alpha value is -3.48. The molecule has 3 aromatic rings. The molecule has 236 valence electrons. The molecule has 44 heavy (non-hydrogen) atoms. The van der Waals surface area contributed by atoms with Crippen molar-refractivity contribution < 1.29 is 13.2 Å². The van der Waals surface area contributed by atoms with Crippen molar-refractivity contribution in [3.05, 3.63) is 62.0 Å². The van der Waals surface area contributed by atoms with Gasteiger partial charge in [0.2, 0.25) is 5.95 Å². The van der Waals surface area contributed by atoms with E-state index in [-0.39, 0.29) is 40.4 Å². The zero-order chi connectivity index (χ0) is 31.1. The third-order valence-electron chi connectivity index (χ3n) is 9.52. The highest BCUT2D eigenvalue weighted by atomic mass is 35.5. The van der Waals surface area contributed by atoms with Crippen molar-refractivity contribution >= 4 is 29.1 Å². The summed E-state index contributed by atoms with van der Waals surface area (Å²) in [7, 11) is 0. The monoisotopic (exact) mass is 632 g/mol. The number of anilines is 3. The summed E-state index contributed by atoms with van der Waals surface area (Å²) in [4.78, 5) is 33.2. The van der Waals surface area contributed by atoms with Crippen molar-refractivity contribution in [2.75, 3.05) is 10.6 Å². The van der Waals surface area contributed by atoms with E-state index < -0.39 is 17.6 Å². The molecule has 4 atom stereocenters. The van der Waals surface area contributed by atoms with Gasteiger partial charge in [-0.1, -0.05) is 37.3 Å². The molecule has 2 N–H and O–H groups in total. The Kier molecular flexibility index (Phi) is 8.42. The lowest BCUT2D eigenvalue weighted by molar-refractivity contribution is -0.137. The number of nitrogens with zero attached hydrogens (tertiary/aromatic N) is 6. The van der Waals surface area contributed by atoms with E-state index in [9.17, 15) is 22.8 Å². The second-order valence-corrected chi connectivity index (χ2v) is 13.1. The third kappa shape index (κ3) is 6.62. The first-order valence-corrected chi connectivity index (χ1v) is 15.7. The Balaban J connectivity index is 1.08. The van der Waals surface area contributed by atoms with Crippen LogP contribution < -0.4 is 21.8 Å². The van der Waals surface area contributed by atoms with Gasteiger partial charge >= 0.3 is 6.18 Å². The number of hydrogen-bond donors (Lipinski definition) is 2. The van der Waals surface area contributed by atoms with Gasteiger partial charge in [0, 0.05) is 23.9 Å². The van der Waals surface area contributed by atoms with E-state index in [0.717, 1.165) is 76.8 Å². The molecular formula is C30H36ClF3N8O2. The summed E-state index contributed by atoms with van der Waals surface area (Å²) in [6.07, 6.45) is 9.43. The Bertz CT molecular complexity index is 1620. The molecule has 0 spiro atoms. The normalized spacial score (nSPS) is 25.3. The van der Waals surface area contributed by atoms with Crippen molar-refractivity contribution in [3.8, 4) is 0 Å². The van der Waals surface area contributed by atoms with Crippen LogP contribution in [0, 0.1) is 11.8 Å². The maximum Gasteiger partial charge on any atom is 0.421 e. The van der Waals surface area contributed by atoms with Gasteiger partial charge in [0.25, 0.3) is 11.1 Å². The van der Waals surface area contributed by atoms with Gasteiger partial charge in [0.15, 0.2) is 0 Å². The highest BCUT2D eigenvalue weighted by molar-refractivity contribution is 6.30. The zero-order valence-electron chi connectivity index (χ0n) is 24.5. The molecule has 3 aliphatic carbocycles. The fourth-order valence-electron chi connectivity index (χ4n) is 7.02. The highest BCUT2D eigenvalue weighted by Crippen LogP contribution is 2.49. The number of rotatable bonds is 10. The van der Waals surface area contributed by atoms with Crippen LogP contribution in [0.3, 0.4) is 0 Å². The largest absolute Gasteiger partial charge is 0.421 e. The van der Waals surface area contributed by atoms with E-state index in [1.807, 2.05) is 6.92 Å². The predicted octanol–water partition coefficient (Wildman–Crippen LogP) is 6.52. The molecule has 0 saturated heterocycles. The van der Waals surface area contributed by atoms with E-state index in [1.54, 1.807) is 4.68 Å². The Labute approximate surface area is 257 Å². The first kappa shape index (κ1) is 30.5. The van der Waals surface area contributed by atoms with Gasteiger partial charge in [0.1, 0.15) is 11.4 Å². The molecule has 0 radical (unpaired) electrons. The Morgan fingerprint density at radius 2 is 1.73 bits per heavy atom. The van der Waals surface area contributed by atoms with Crippen molar-refractivity contribution in [2.24, 2.45) is 11.8 Å². The van der Waals surface area contributed by atoms with Crippen LogP contribution in [-0.2, 0) is 6.18 Å². The fourth-order valence-corrected chi connectivity index (χ4v) is 7.16. The van der Waals surface area contributed by atoms with Gasteiger partial charge in [-0.2, -0.15) is 28.4 Å². The summed E-state index contributed by atoms with van der Waals surface area (Å²) >= 11 is 5.92. The van der Waals surface area contributed by atoms with Crippen LogP contribution in [0.1, 0.15) is 95.2 Å². The van der Waals surface area contributed by atoms with Gasteiger partial charge < -0.3 is 10.6 Å². The van der Waals surface area contributed by atoms with Gasteiger partial charge in [0.05, 0.1) is 35.2 Å². The lowest BCUT2D eigenvalue weighted by Crippen LogP contribution is -2.28. The summed E-state index contributed by atoms with van der Waals surface area (Å²) < 4.78 is 44.5. The predicted molar refractivity (Wildman–Crippen MR) is 160 cm³/mol. The summed E-state index contributed by atoms with van der Waals surface area (Å²) in [5.41, 5.74) is -1.78. The van der Waals surface area contributed by atoms with E-state index in [1.165, 1.54) is 29.2 Å². The summed E-state index contributed by atoms with van der Waals surface area (Å²) in [6, 6.07) is 2.75. The van der Waals surface area contributed by atoms with E-state index >= 15 is 0 Å². The van der Waals surface area contributed by atoms with Crippen molar-refractivity contribution in [3.63, 3.8) is 0 Å². The maximum absolute atomic E-state index is 13.8. The van der Waals surface area contributed by atoms with Crippen LogP contribution in [0.25, 0.3) is 0 Å². The molecule has 0 bridgehead atoms. The lowest BCUT2D eigenvalue weighted by Gasteiger charge is -2.21. The number of alkyl halides is 3. The second-order valence-electron chi connectivity index (χ2n) is 12.6. The molecular weight excluding hydrogens is 597 g/mol. The number of nitrogens with one attached hydrogen (secondary N) is 2. The topological polar surface area (TPSA) is 120 Å².